The highest BCUT2D eigenvalue weighted by Crippen LogP contribution is 1.93. The topological polar surface area (TPSA) is 64.6 Å². The number of hydrogen-bond donors (Lipinski definition) is 1. The maximum Gasteiger partial charge on any atom is 0.354 e. The summed E-state index contributed by atoms with van der Waals surface area (Å²) in [7, 11) is 2.48. The van der Waals surface area contributed by atoms with Gasteiger partial charge < -0.3 is 14.8 Å². The van der Waals surface area contributed by atoms with E-state index in [1.807, 2.05) is 0 Å². The molecule has 0 bridgehead atoms. The molecular weight excluding hydrogens is 174 g/mol. The molecule has 0 heterocycles. The zero-order chi connectivity index (χ0) is 10.3. The van der Waals surface area contributed by atoms with Crippen LogP contribution < -0.4 is 5.32 Å². The second kappa shape index (κ2) is 6.05. The summed E-state index contributed by atoms with van der Waals surface area (Å²) in [5, 5.41) is 2.68. The van der Waals surface area contributed by atoms with Crippen LogP contribution in [0, 0.1) is 0 Å². The number of likely N-dealkylation sites (N-methyl/N-ethyl adjacent to an activating group) is 1. The summed E-state index contributed by atoms with van der Waals surface area (Å²) in [6.07, 6.45) is 1.05. The van der Waals surface area contributed by atoms with Gasteiger partial charge in [0, 0.05) is 6.54 Å². The van der Waals surface area contributed by atoms with Gasteiger partial charge in [-0.3, -0.25) is 0 Å². The molecule has 0 aromatic heterocycles. The fourth-order valence-corrected chi connectivity index (χ4v) is 0.659. The molecule has 5 nitrogen and oxygen atoms in total. The second-order valence-electron chi connectivity index (χ2n) is 2.10. The van der Waals surface area contributed by atoms with Gasteiger partial charge in [0.2, 0.25) is 0 Å². The number of esters is 2. The smallest absolute Gasteiger partial charge is 0.354 e. The molecule has 74 valence electrons. The molecule has 13 heavy (non-hydrogen) atoms. The van der Waals surface area contributed by atoms with Crippen molar-refractivity contribution < 1.29 is 19.1 Å². The van der Waals surface area contributed by atoms with Gasteiger partial charge in [-0.05, 0) is 6.92 Å². The Bertz CT molecular complexity index is 222. The SMILES string of the molecule is CCNC(=CC(=O)OC)C(=O)OC. The van der Waals surface area contributed by atoms with Crippen LogP contribution in [0.5, 0.6) is 0 Å². The third-order valence-electron chi connectivity index (χ3n) is 1.24. The maximum absolute atomic E-state index is 11.0. The number of ether oxygens (including phenoxy) is 2. The van der Waals surface area contributed by atoms with Crippen molar-refractivity contribution in [3.63, 3.8) is 0 Å². The Hall–Kier alpha value is -1.52. The monoisotopic (exact) mass is 187 g/mol. The van der Waals surface area contributed by atoms with Gasteiger partial charge in [0.25, 0.3) is 0 Å². The van der Waals surface area contributed by atoms with Gasteiger partial charge in [-0.15, -0.1) is 0 Å². The molecule has 0 atom stereocenters. The van der Waals surface area contributed by atoms with Crippen LogP contribution >= 0.6 is 0 Å². The van der Waals surface area contributed by atoms with Crippen LogP contribution in [0.4, 0.5) is 0 Å². The van der Waals surface area contributed by atoms with Gasteiger partial charge >= 0.3 is 11.9 Å². The molecule has 0 spiro atoms. The summed E-state index contributed by atoms with van der Waals surface area (Å²) in [6.45, 7) is 2.33. The van der Waals surface area contributed by atoms with Crippen LogP contribution in [-0.2, 0) is 19.1 Å². The van der Waals surface area contributed by atoms with Crippen molar-refractivity contribution >= 4 is 11.9 Å². The Morgan fingerprint density at radius 3 is 2.31 bits per heavy atom. The van der Waals surface area contributed by atoms with Crippen LogP contribution in [0.1, 0.15) is 6.92 Å². The Morgan fingerprint density at radius 2 is 1.92 bits per heavy atom. The maximum atomic E-state index is 11.0. The Balaban J connectivity index is 4.48. The minimum Gasteiger partial charge on any atom is -0.466 e. The highest BCUT2D eigenvalue weighted by Gasteiger charge is 2.10. The first-order valence-corrected chi connectivity index (χ1v) is 3.77. The molecule has 0 aromatic carbocycles. The third-order valence-corrected chi connectivity index (χ3v) is 1.24. The summed E-state index contributed by atoms with van der Waals surface area (Å²) in [4.78, 5) is 21.8. The average molecular weight is 187 g/mol. The van der Waals surface area contributed by atoms with E-state index in [0.717, 1.165) is 6.08 Å². The normalized spacial score (nSPS) is 10.5. The second-order valence-corrected chi connectivity index (χ2v) is 2.10. The lowest BCUT2D eigenvalue weighted by Gasteiger charge is -2.05. The van der Waals surface area contributed by atoms with Crippen molar-refractivity contribution in [1.29, 1.82) is 0 Å². The molecule has 0 aromatic rings. The number of nitrogens with one attached hydrogen (secondary N) is 1. The standard InChI is InChI=1S/C8H13NO4/c1-4-9-6(8(11)13-3)5-7(10)12-2/h5,9H,4H2,1-3H3. The molecule has 1 N–H and O–H groups in total. The highest BCUT2D eigenvalue weighted by atomic mass is 16.5. The zero-order valence-corrected chi connectivity index (χ0v) is 7.92. The summed E-state index contributed by atoms with van der Waals surface area (Å²) in [5.41, 5.74) is 0.0943. The molecule has 0 rings (SSSR count). The quantitative estimate of drug-likeness (QED) is 0.489. The fraction of sp³-hybridized carbons (Fsp3) is 0.500. The molecule has 5 heteroatoms. The average Bonchev–Trinajstić information content (AvgIpc) is 2.15. The van der Waals surface area contributed by atoms with Gasteiger partial charge in [0.1, 0.15) is 5.70 Å². The van der Waals surface area contributed by atoms with Gasteiger partial charge in [-0.25, -0.2) is 9.59 Å². The molecule has 0 saturated carbocycles. The number of methoxy groups -OCH3 is 2. The molecule has 0 unspecified atom stereocenters. The summed E-state index contributed by atoms with van der Waals surface area (Å²) < 4.78 is 8.79. The van der Waals surface area contributed by atoms with Gasteiger partial charge in [-0.2, -0.15) is 0 Å². The van der Waals surface area contributed by atoms with Gasteiger partial charge in [0.15, 0.2) is 0 Å². The molecule has 0 radical (unpaired) electrons. The van der Waals surface area contributed by atoms with Crippen molar-refractivity contribution in [3.05, 3.63) is 11.8 Å². The molecule has 0 amide bonds. The molecule has 0 saturated heterocycles. The van der Waals surface area contributed by atoms with E-state index < -0.39 is 11.9 Å². The van der Waals surface area contributed by atoms with Crippen LogP contribution in [0.2, 0.25) is 0 Å². The lowest BCUT2D eigenvalue weighted by Crippen LogP contribution is -2.22. The Morgan fingerprint density at radius 1 is 1.31 bits per heavy atom. The molecule has 0 aliphatic heterocycles. The lowest BCUT2D eigenvalue weighted by atomic mass is 10.4. The van der Waals surface area contributed by atoms with Crippen LogP contribution in [0.25, 0.3) is 0 Å². The first-order chi connectivity index (χ1) is 6.15. The highest BCUT2D eigenvalue weighted by molar-refractivity contribution is 5.95. The van der Waals surface area contributed by atoms with Crippen LogP contribution in [0.15, 0.2) is 11.8 Å². The van der Waals surface area contributed by atoms with E-state index in [-0.39, 0.29) is 5.70 Å². The number of hydrogen-bond acceptors (Lipinski definition) is 5. The van der Waals surface area contributed by atoms with Crippen molar-refractivity contribution in [2.75, 3.05) is 20.8 Å². The largest absolute Gasteiger partial charge is 0.466 e. The van der Waals surface area contributed by atoms with Crippen molar-refractivity contribution in [1.82, 2.24) is 5.32 Å². The van der Waals surface area contributed by atoms with Crippen LogP contribution in [0.3, 0.4) is 0 Å². The van der Waals surface area contributed by atoms with Crippen molar-refractivity contribution in [2.24, 2.45) is 0 Å². The van der Waals surface area contributed by atoms with Crippen molar-refractivity contribution in [2.45, 2.75) is 6.92 Å². The minimum atomic E-state index is -0.596. The number of carbonyl (C=O) groups excluding carboxylic acids is 2. The number of carbonyl (C=O) groups is 2. The third kappa shape index (κ3) is 4.15. The summed E-state index contributed by atoms with van der Waals surface area (Å²) in [5.74, 6) is -1.19. The Labute approximate surface area is 76.7 Å². The van der Waals surface area contributed by atoms with E-state index in [1.165, 1.54) is 14.2 Å². The molecular formula is C8H13NO4. The predicted molar refractivity (Wildman–Crippen MR) is 45.8 cm³/mol. The first kappa shape index (κ1) is 11.5. The van der Waals surface area contributed by atoms with E-state index in [1.54, 1.807) is 6.92 Å². The Kier molecular flexibility index (Phi) is 5.34. The number of rotatable bonds is 4. The van der Waals surface area contributed by atoms with E-state index in [2.05, 4.69) is 14.8 Å². The molecule has 0 aliphatic rings. The van der Waals surface area contributed by atoms with Crippen LogP contribution in [-0.4, -0.2) is 32.7 Å². The first-order valence-electron chi connectivity index (χ1n) is 3.77. The van der Waals surface area contributed by atoms with Crippen molar-refractivity contribution in [3.8, 4) is 0 Å². The minimum absolute atomic E-state index is 0.0943. The zero-order valence-electron chi connectivity index (χ0n) is 7.92. The van der Waals surface area contributed by atoms with Gasteiger partial charge in [-0.1, -0.05) is 0 Å². The summed E-state index contributed by atoms with van der Waals surface area (Å²) in [6, 6.07) is 0. The molecule has 0 aliphatic carbocycles. The van der Waals surface area contributed by atoms with Gasteiger partial charge in [0.05, 0.1) is 20.3 Å². The lowest BCUT2D eigenvalue weighted by molar-refractivity contribution is -0.138. The van der Waals surface area contributed by atoms with E-state index in [4.69, 9.17) is 0 Å². The molecule has 0 fully saturated rings. The van der Waals surface area contributed by atoms with E-state index in [0.29, 0.717) is 6.54 Å². The van der Waals surface area contributed by atoms with E-state index in [9.17, 15) is 9.59 Å². The van der Waals surface area contributed by atoms with E-state index >= 15 is 0 Å². The predicted octanol–water partition coefficient (Wildman–Crippen LogP) is -0.174. The summed E-state index contributed by atoms with van der Waals surface area (Å²) >= 11 is 0. The fourth-order valence-electron chi connectivity index (χ4n) is 0.659.